The molecule has 1 N–H and O–H groups in total. The second-order valence-corrected chi connectivity index (χ2v) is 5.98. The quantitative estimate of drug-likeness (QED) is 0.675. The van der Waals surface area contributed by atoms with Crippen LogP contribution in [0.3, 0.4) is 0 Å². The standard InChI is InChI=1S/C10H12INO2S/c1-3-6-12-15(13,14)9-4-5-10(11)8(2)7-9/h3-5,7,12H,1,6H2,2H3. The summed E-state index contributed by atoms with van der Waals surface area (Å²) in [7, 11) is -3.39. The van der Waals surface area contributed by atoms with Crippen LogP contribution in [0.5, 0.6) is 0 Å². The minimum absolute atomic E-state index is 0.243. The SMILES string of the molecule is C=CCNS(=O)(=O)c1ccc(I)c(C)c1. The van der Waals surface area contributed by atoms with E-state index < -0.39 is 10.0 Å². The van der Waals surface area contributed by atoms with Gasteiger partial charge in [0.2, 0.25) is 10.0 Å². The summed E-state index contributed by atoms with van der Waals surface area (Å²) in [6, 6.07) is 5.05. The predicted molar refractivity (Wildman–Crippen MR) is 69.3 cm³/mol. The van der Waals surface area contributed by atoms with E-state index in [0.717, 1.165) is 9.13 Å². The van der Waals surface area contributed by atoms with Crippen molar-refractivity contribution < 1.29 is 8.42 Å². The molecule has 0 aliphatic carbocycles. The fraction of sp³-hybridized carbons (Fsp3) is 0.200. The molecule has 1 aromatic carbocycles. The molecule has 0 heterocycles. The maximum atomic E-state index is 11.7. The molecular weight excluding hydrogens is 325 g/mol. The molecule has 1 aromatic rings. The lowest BCUT2D eigenvalue weighted by Crippen LogP contribution is -2.23. The molecular formula is C10H12INO2S. The summed E-state index contributed by atoms with van der Waals surface area (Å²) < 4.78 is 26.9. The molecule has 0 saturated carbocycles. The van der Waals surface area contributed by atoms with Crippen molar-refractivity contribution >= 4 is 32.6 Å². The van der Waals surface area contributed by atoms with Crippen LogP contribution in [0.4, 0.5) is 0 Å². The maximum Gasteiger partial charge on any atom is 0.240 e. The van der Waals surface area contributed by atoms with E-state index in [1.165, 1.54) is 6.08 Å². The summed E-state index contributed by atoms with van der Waals surface area (Å²) >= 11 is 2.17. The Labute approximate surface area is 104 Å². The van der Waals surface area contributed by atoms with Gasteiger partial charge in [-0.3, -0.25) is 0 Å². The largest absolute Gasteiger partial charge is 0.240 e. The number of nitrogens with one attached hydrogen (secondary N) is 1. The van der Waals surface area contributed by atoms with Gasteiger partial charge in [0.05, 0.1) is 4.90 Å². The second kappa shape index (κ2) is 5.09. The molecule has 0 amide bonds. The topological polar surface area (TPSA) is 46.2 Å². The summed E-state index contributed by atoms with van der Waals surface area (Å²) in [6.45, 7) is 5.59. The smallest absolute Gasteiger partial charge is 0.207 e. The van der Waals surface area contributed by atoms with Gasteiger partial charge < -0.3 is 0 Å². The Morgan fingerprint density at radius 1 is 1.53 bits per heavy atom. The first-order chi connectivity index (χ1) is 6.97. The summed E-state index contributed by atoms with van der Waals surface area (Å²) in [5.74, 6) is 0. The fourth-order valence-electron chi connectivity index (χ4n) is 1.04. The van der Waals surface area contributed by atoms with Crippen molar-refractivity contribution in [1.29, 1.82) is 0 Å². The lowest BCUT2D eigenvalue weighted by molar-refractivity contribution is 0.585. The van der Waals surface area contributed by atoms with Crippen LogP contribution in [-0.2, 0) is 10.0 Å². The summed E-state index contributed by atoms with van der Waals surface area (Å²) in [4.78, 5) is 0.294. The molecule has 1 rings (SSSR count). The Hall–Kier alpha value is -0.400. The molecule has 0 spiro atoms. The van der Waals surface area contributed by atoms with Crippen molar-refractivity contribution in [1.82, 2.24) is 4.72 Å². The van der Waals surface area contributed by atoms with Crippen molar-refractivity contribution in [3.05, 3.63) is 40.0 Å². The number of hydrogen-bond acceptors (Lipinski definition) is 2. The molecule has 0 aliphatic heterocycles. The van der Waals surface area contributed by atoms with Gasteiger partial charge >= 0.3 is 0 Å². The molecule has 0 aromatic heterocycles. The van der Waals surface area contributed by atoms with E-state index in [0.29, 0.717) is 4.90 Å². The van der Waals surface area contributed by atoms with E-state index >= 15 is 0 Å². The molecule has 0 aliphatic rings. The molecule has 0 bridgehead atoms. The van der Waals surface area contributed by atoms with Crippen LogP contribution in [0.15, 0.2) is 35.7 Å². The van der Waals surface area contributed by atoms with Gasteiger partial charge in [-0.05, 0) is 53.3 Å². The Balaban J connectivity index is 3.05. The van der Waals surface area contributed by atoms with Crippen LogP contribution in [0.2, 0.25) is 0 Å². The number of sulfonamides is 1. The van der Waals surface area contributed by atoms with E-state index in [1.807, 2.05) is 6.92 Å². The first-order valence-corrected chi connectivity index (χ1v) is 6.90. The highest BCUT2D eigenvalue weighted by Crippen LogP contribution is 2.16. The summed E-state index contributed by atoms with van der Waals surface area (Å²) in [6.07, 6.45) is 1.51. The van der Waals surface area contributed by atoms with E-state index in [2.05, 4.69) is 33.9 Å². The number of halogens is 1. The Morgan fingerprint density at radius 3 is 2.73 bits per heavy atom. The lowest BCUT2D eigenvalue weighted by atomic mass is 10.2. The van der Waals surface area contributed by atoms with Gasteiger partial charge in [0.25, 0.3) is 0 Å². The zero-order valence-corrected chi connectivity index (χ0v) is 11.3. The minimum Gasteiger partial charge on any atom is -0.207 e. The molecule has 0 unspecified atom stereocenters. The highest BCUT2D eigenvalue weighted by Gasteiger charge is 2.12. The average Bonchev–Trinajstić information content (AvgIpc) is 2.19. The van der Waals surface area contributed by atoms with Gasteiger partial charge in [0.15, 0.2) is 0 Å². The molecule has 0 atom stereocenters. The third kappa shape index (κ3) is 3.29. The van der Waals surface area contributed by atoms with Crippen LogP contribution in [0.1, 0.15) is 5.56 Å². The molecule has 0 radical (unpaired) electrons. The van der Waals surface area contributed by atoms with Gasteiger partial charge in [0.1, 0.15) is 0 Å². The summed E-state index contributed by atoms with van der Waals surface area (Å²) in [5, 5.41) is 0. The van der Waals surface area contributed by atoms with Crippen LogP contribution in [0.25, 0.3) is 0 Å². The molecule has 82 valence electrons. The van der Waals surface area contributed by atoms with Gasteiger partial charge in [-0.15, -0.1) is 6.58 Å². The van der Waals surface area contributed by atoms with Crippen molar-refractivity contribution in [2.24, 2.45) is 0 Å². The molecule has 5 heteroatoms. The van der Waals surface area contributed by atoms with Crippen molar-refractivity contribution in [3.8, 4) is 0 Å². The highest BCUT2D eigenvalue weighted by molar-refractivity contribution is 14.1. The van der Waals surface area contributed by atoms with Crippen LogP contribution in [0, 0.1) is 10.5 Å². The third-order valence-corrected chi connectivity index (χ3v) is 4.49. The van der Waals surface area contributed by atoms with Gasteiger partial charge in [-0.2, -0.15) is 0 Å². The van der Waals surface area contributed by atoms with Crippen molar-refractivity contribution in [2.45, 2.75) is 11.8 Å². The first kappa shape index (κ1) is 12.7. The van der Waals surface area contributed by atoms with Crippen LogP contribution < -0.4 is 4.72 Å². The van der Waals surface area contributed by atoms with Crippen LogP contribution in [-0.4, -0.2) is 15.0 Å². The Morgan fingerprint density at radius 2 is 2.20 bits per heavy atom. The maximum absolute atomic E-state index is 11.7. The Kier molecular flexibility index (Phi) is 4.30. The molecule has 3 nitrogen and oxygen atoms in total. The second-order valence-electron chi connectivity index (χ2n) is 3.05. The van der Waals surface area contributed by atoms with Crippen LogP contribution >= 0.6 is 22.6 Å². The van der Waals surface area contributed by atoms with E-state index in [1.54, 1.807) is 18.2 Å². The van der Waals surface area contributed by atoms with E-state index in [-0.39, 0.29) is 6.54 Å². The zero-order chi connectivity index (χ0) is 11.5. The summed E-state index contributed by atoms with van der Waals surface area (Å²) in [5.41, 5.74) is 0.956. The zero-order valence-electron chi connectivity index (χ0n) is 8.33. The van der Waals surface area contributed by atoms with Crippen molar-refractivity contribution in [2.75, 3.05) is 6.54 Å². The molecule has 0 fully saturated rings. The third-order valence-electron chi connectivity index (χ3n) is 1.86. The van der Waals surface area contributed by atoms with Crippen molar-refractivity contribution in [3.63, 3.8) is 0 Å². The van der Waals surface area contributed by atoms with Gasteiger partial charge in [-0.25, -0.2) is 13.1 Å². The van der Waals surface area contributed by atoms with Gasteiger partial charge in [-0.1, -0.05) is 6.08 Å². The Bertz CT molecular complexity index is 468. The predicted octanol–water partition coefficient (Wildman–Crippen LogP) is 2.06. The molecule has 0 saturated heterocycles. The normalized spacial score (nSPS) is 11.3. The average molecular weight is 337 g/mol. The van der Waals surface area contributed by atoms with Gasteiger partial charge in [0, 0.05) is 10.1 Å². The number of hydrogen-bond donors (Lipinski definition) is 1. The number of benzene rings is 1. The fourth-order valence-corrected chi connectivity index (χ4v) is 2.45. The van der Waals surface area contributed by atoms with E-state index in [9.17, 15) is 8.42 Å². The number of rotatable bonds is 4. The number of aryl methyl sites for hydroxylation is 1. The monoisotopic (exact) mass is 337 g/mol. The van der Waals surface area contributed by atoms with E-state index in [4.69, 9.17) is 0 Å². The molecule has 15 heavy (non-hydrogen) atoms. The minimum atomic E-state index is -3.39. The highest BCUT2D eigenvalue weighted by atomic mass is 127. The first-order valence-electron chi connectivity index (χ1n) is 4.34. The lowest BCUT2D eigenvalue weighted by Gasteiger charge is -2.06.